The van der Waals surface area contributed by atoms with Crippen molar-refractivity contribution in [3.8, 4) is 0 Å². The van der Waals surface area contributed by atoms with Crippen LogP contribution in [0, 0.1) is 5.41 Å². The second kappa shape index (κ2) is 7.86. The largest absolute Gasteiger partial charge is 0.455 e. The average Bonchev–Trinajstić information content (AvgIpc) is 2.63. The third-order valence-corrected chi connectivity index (χ3v) is 5.31. The molecule has 2 heterocycles. The lowest BCUT2D eigenvalue weighted by Gasteiger charge is -2.47. The zero-order valence-electron chi connectivity index (χ0n) is 15.5. The zero-order chi connectivity index (χ0) is 18.9. The number of hydrogen-bond acceptors (Lipinski definition) is 7. The quantitative estimate of drug-likeness (QED) is 0.805. The van der Waals surface area contributed by atoms with Gasteiger partial charge in [0, 0.05) is 5.56 Å². The molecule has 0 aromatic heterocycles. The third kappa shape index (κ3) is 4.07. The summed E-state index contributed by atoms with van der Waals surface area (Å²) >= 11 is 1.39. The molecule has 0 saturated carbocycles. The van der Waals surface area contributed by atoms with Crippen molar-refractivity contribution in [1.29, 1.82) is 0 Å². The monoisotopic (exact) mass is 382 g/mol. The van der Waals surface area contributed by atoms with Crippen LogP contribution in [0.4, 0.5) is 0 Å². The fraction of sp³-hybridized carbons (Fsp3) is 0.632. The average molecular weight is 382 g/mol. The van der Waals surface area contributed by atoms with Crippen LogP contribution in [-0.2, 0) is 23.7 Å². The summed E-state index contributed by atoms with van der Waals surface area (Å²) in [6, 6.07) is 9.53. The lowest BCUT2D eigenvalue weighted by Crippen LogP contribution is -2.62. The molecule has 6 atom stereocenters. The summed E-state index contributed by atoms with van der Waals surface area (Å²) in [7, 11) is 0. The Balaban J connectivity index is 1.76. The molecule has 2 aliphatic heterocycles. The zero-order valence-corrected chi connectivity index (χ0v) is 16.3. The fourth-order valence-electron chi connectivity index (χ4n) is 2.96. The number of benzene rings is 1. The SMILES string of the molecule is CS[C@@H]1O[C@@H]2COC(c3ccccc3)O[C@@H]2[C@H](O)[C@H]1OC(=O)C(C)(C)C. The van der Waals surface area contributed by atoms with E-state index in [9.17, 15) is 9.90 Å². The molecular weight excluding hydrogens is 356 g/mol. The number of carbonyl (C=O) groups is 1. The van der Waals surface area contributed by atoms with Crippen molar-refractivity contribution in [1.82, 2.24) is 0 Å². The molecule has 1 unspecified atom stereocenters. The van der Waals surface area contributed by atoms with E-state index in [0.29, 0.717) is 6.61 Å². The molecule has 1 aromatic carbocycles. The molecule has 144 valence electrons. The van der Waals surface area contributed by atoms with Crippen LogP contribution in [-0.4, -0.2) is 53.8 Å². The van der Waals surface area contributed by atoms with Crippen LogP contribution in [0.1, 0.15) is 32.6 Å². The van der Waals surface area contributed by atoms with Gasteiger partial charge in [-0.05, 0) is 27.0 Å². The number of aliphatic hydroxyl groups excluding tert-OH is 1. The molecule has 2 fully saturated rings. The van der Waals surface area contributed by atoms with E-state index in [1.54, 1.807) is 20.8 Å². The van der Waals surface area contributed by atoms with Gasteiger partial charge in [0.15, 0.2) is 12.4 Å². The molecule has 0 bridgehead atoms. The smallest absolute Gasteiger partial charge is 0.311 e. The minimum Gasteiger partial charge on any atom is -0.455 e. The Morgan fingerprint density at radius 3 is 2.54 bits per heavy atom. The van der Waals surface area contributed by atoms with Gasteiger partial charge in [0.25, 0.3) is 0 Å². The van der Waals surface area contributed by atoms with Crippen molar-refractivity contribution in [3.05, 3.63) is 35.9 Å². The van der Waals surface area contributed by atoms with Crippen LogP contribution >= 0.6 is 11.8 Å². The Bertz CT molecular complexity index is 616. The van der Waals surface area contributed by atoms with Crippen molar-refractivity contribution in [2.24, 2.45) is 5.41 Å². The maximum atomic E-state index is 12.3. The number of aliphatic hydroxyl groups is 1. The molecule has 26 heavy (non-hydrogen) atoms. The van der Waals surface area contributed by atoms with Crippen molar-refractivity contribution >= 4 is 17.7 Å². The van der Waals surface area contributed by atoms with Crippen molar-refractivity contribution in [2.75, 3.05) is 12.9 Å². The second-order valence-corrected chi connectivity index (χ2v) is 8.50. The Hall–Kier alpha value is -1.12. The molecule has 7 heteroatoms. The van der Waals surface area contributed by atoms with Crippen LogP contribution < -0.4 is 0 Å². The normalized spacial score (nSPS) is 34.8. The first kappa shape index (κ1) is 19.6. The van der Waals surface area contributed by atoms with Gasteiger partial charge in [0.05, 0.1) is 12.0 Å². The summed E-state index contributed by atoms with van der Waals surface area (Å²) in [5, 5.41) is 10.9. The predicted molar refractivity (Wildman–Crippen MR) is 97.5 cm³/mol. The Morgan fingerprint density at radius 1 is 1.23 bits per heavy atom. The van der Waals surface area contributed by atoms with Gasteiger partial charge in [-0.3, -0.25) is 4.79 Å². The first-order valence-electron chi connectivity index (χ1n) is 8.70. The second-order valence-electron chi connectivity index (χ2n) is 7.57. The van der Waals surface area contributed by atoms with Crippen LogP contribution in [0.5, 0.6) is 0 Å². The highest BCUT2D eigenvalue weighted by molar-refractivity contribution is 7.99. The highest BCUT2D eigenvalue weighted by atomic mass is 32.2. The number of thioether (sulfide) groups is 1. The van der Waals surface area contributed by atoms with E-state index in [4.69, 9.17) is 18.9 Å². The molecule has 2 saturated heterocycles. The van der Waals surface area contributed by atoms with Crippen molar-refractivity contribution in [3.63, 3.8) is 0 Å². The number of hydrogen-bond donors (Lipinski definition) is 1. The van der Waals surface area contributed by atoms with Crippen LogP contribution in [0.25, 0.3) is 0 Å². The first-order valence-corrected chi connectivity index (χ1v) is 9.99. The summed E-state index contributed by atoms with van der Waals surface area (Å²) in [4.78, 5) is 12.3. The van der Waals surface area contributed by atoms with E-state index in [2.05, 4.69) is 0 Å². The Labute approximate surface area is 158 Å². The van der Waals surface area contributed by atoms with E-state index in [1.807, 2.05) is 36.6 Å². The molecule has 0 spiro atoms. The van der Waals surface area contributed by atoms with Crippen LogP contribution in [0.3, 0.4) is 0 Å². The van der Waals surface area contributed by atoms with Crippen LogP contribution in [0.15, 0.2) is 30.3 Å². The standard InChI is InChI=1S/C19H26O6S/c1-19(2,3)18(21)25-15-13(20)14-12(23-17(15)26-4)10-22-16(24-14)11-8-6-5-7-9-11/h5-9,12-17,20H,10H2,1-4H3/t12-,13+,14+,15-,16?,17+/m1/s1. The fourth-order valence-corrected chi connectivity index (χ4v) is 3.70. The van der Waals surface area contributed by atoms with Crippen LogP contribution in [0.2, 0.25) is 0 Å². The van der Waals surface area contributed by atoms with E-state index < -0.39 is 41.6 Å². The lowest BCUT2D eigenvalue weighted by atomic mass is 9.95. The topological polar surface area (TPSA) is 74.2 Å². The molecule has 6 nitrogen and oxygen atoms in total. The highest BCUT2D eigenvalue weighted by Gasteiger charge is 2.51. The van der Waals surface area contributed by atoms with Crippen molar-refractivity contribution < 1.29 is 28.8 Å². The molecule has 0 aliphatic carbocycles. The summed E-state index contributed by atoms with van der Waals surface area (Å²) in [5.74, 6) is -0.380. The number of fused-ring (bicyclic) bond motifs is 1. The molecule has 1 aromatic rings. The molecule has 2 aliphatic rings. The first-order chi connectivity index (χ1) is 12.3. The lowest BCUT2D eigenvalue weighted by molar-refractivity contribution is -0.320. The van der Waals surface area contributed by atoms with Gasteiger partial charge >= 0.3 is 5.97 Å². The number of ether oxygens (including phenoxy) is 4. The Morgan fingerprint density at radius 2 is 1.92 bits per heavy atom. The van der Waals surface area contributed by atoms with Crippen molar-refractivity contribution in [2.45, 2.75) is 56.9 Å². The van der Waals surface area contributed by atoms with Gasteiger partial charge in [-0.2, -0.15) is 0 Å². The molecule has 1 N–H and O–H groups in total. The van der Waals surface area contributed by atoms with E-state index in [-0.39, 0.29) is 5.97 Å². The molecule has 0 amide bonds. The van der Waals surface area contributed by atoms with Gasteiger partial charge in [-0.25, -0.2) is 0 Å². The summed E-state index contributed by atoms with van der Waals surface area (Å²) < 4.78 is 23.4. The van der Waals surface area contributed by atoms with Gasteiger partial charge in [-0.1, -0.05) is 30.3 Å². The number of carbonyl (C=O) groups excluding carboxylic acids is 1. The van der Waals surface area contributed by atoms with Gasteiger partial charge in [-0.15, -0.1) is 11.8 Å². The number of esters is 1. The Kier molecular flexibility index (Phi) is 5.94. The predicted octanol–water partition coefficient (Wildman–Crippen LogP) is 2.51. The molecule has 0 radical (unpaired) electrons. The van der Waals surface area contributed by atoms with Gasteiger partial charge in [0.1, 0.15) is 23.7 Å². The molecule has 3 rings (SSSR count). The van der Waals surface area contributed by atoms with Gasteiger partial charge in [0.2, 0.25) is 0 Å². The van der Waals surface area contributed by atoms with E-state index in [1.165, 1.54) is 11.8 Å². The minimum absolute atomic E-state index is 0.304. The third-order valence-electron chi connectivity index (χ3n) is 4.47. The number of rotatable bonds is 3. The molecular formula is C19H26O6S. The maximum Gasteiger partial charge on any atom is 0.311 e. The van der Waals surface area contributed by atoms with E-state index >= 15 is 0 Å². The highest BCUT2D eigenvalue weighted by Crippen LogP contribution is 2.37. The maximum absolute atomic E-state index is 12.3. The summed E-state index contributed by atoms with van der Waals surface area (Å²) in [5.41, 5.74) is -0.269. The van der Waals surface area contributed by atoms with E-state index in [0.717, 1.165) is 5.56 Å². The minimum atomic E-state index is -0.993. The van der Waals surface area contributed by atoms with Gasteiger partial charge < -0.3 is 24.1 Å². The summed E-state index contributed by atoms with van der Waals surface area (Å²) in [6.45, 7) is 5.63. The summed E-state index contributed by atoms with van der Waals surface area (Å²) in [6.07, 6.45) is -1.56.